The Bertz CT molecular complexity index is 438. The summed E-state index contributed by atoms with van der Waals surface area (Å²) in [5, 5.41) is 3.55. The van der Waals surface area contributed by atoms with Crippen LogP contribution in [0.2, 0.25) is 5.02 Å². The van der Waals surface area contributed by atoms with Crippen LogP contribution in [0.3, 0.4) is 0 Å². The summed E-state index contributed by atoms with van der Waals surface area (Å²) in [7, 11) is 0. The van der Waals surface area contributed by atoms with Gasteiger partial charge in [0.15, 0.2) is 0 Å². The van der Waals surface area contributed by atoms with Gasteiger partial charge in [0.1, 0.15) is 0 Å². The number of hydrogen-bond donors (Lipinski definition) is 1. The fourth-order valence-corrected chi connectivity index (χ4v) is 2.62. The average molecular weight is 347 g/mol. The number of benzene rings is 1. The zero-order chi connectivity index (χ0) is 14.6. The topological polar surface area (TPSA) is 29.1 Å². The van der Waals surface area contributed by atoms with Gasteiger partial charge in [-0.15, -0.1) is 0 Å². The van der Waals surface area contributed by atoms with Crippen LogP contribution >= 0.6 is 27.5 Å². The molecule has 1 rings (SSSR count). The summed E-state index contributed by atoms with van der Waals surface area (Å²) in [5.74, 6) is 1.51. The van der Waals surface area contributed by atoms with E-state index in [4.69, 9.17) is 11.6 Å². The zero-order valence-corrected chi connectivity index (χ0v) is 14.2. The second-order valence-electron chi connectivity index (χ2n) is 5.49. The second kappa shape index (κ2) is 7.30. The molecule has 106 valence electrons. The minimum atomic E-state index is -0.0688. The molecule has 2 nitrogen and oxygen atoms in total. The lowest BCUT2D eigenvalue weighted by molar-refractivity contribution is 0.0937. The van der Waals surface area contributed by atoms with E-state index in [0.717, 1.165) is 4.47 Å². The zero-order valence-electron chi connectivity index (χ0n) is 11.8. The van der Waals surface area contributed by atoms with Gasteiger partial charge in [-0.2, -0.15) is 0 Å². The van der Waals surface area contributed by atoms with E-state index in [1.807, 2.05) is 0 Å². The monoisotopic (exact) mass is 345 g/mol. The molecule has 1 aromatic rings. The summed E-state index contributed by atoms with van der Waals surface area (Å²) >= 11 is 9.31. The lowest BCUT2D eigenvalue weighted by Gasteiger charge is -2.25. The van der Waals surface area contributed by atoms with Crippen molar-refractivity contribution in [3.63, 3.8) is 0 Å². The highest BCUT2D eigenvalue weighted by atomic mass is 79.9. The van der Waals surface area contributed by atoms with Gasteiger partial charge in [0, 0.05) is 16.6 Å². The van der Waals surface area contributed by atoms with Crippen molar-refractivity contribution >= 4 is 33.4 Å². The van der Waals surface area contributed by atoms with Gasteiger partial charge in [-0.25, -0.2) is 0 Å². The van der Waals surface area contributed by atoms with Crippen LogP contribution in [0.25, 0.3) is 0 Å². The van der Waals surface area contributed by atoms with Crippen molar-refractivity contribution in [2.45, 2.75) is 27.7 Å². The largest absolute Gasteiger partial charge is 0.352 e. The van der Waals surface area contributed by atoms with Gasteiger partial charge in [0.2, 0.25) is 0 Å². The highest BCUT2D eigenvalue weighted by molar-refractivity contribution is 9.10. The molecular weight excluding hydrogens is 326 g/mol. The molecule has 0 aliphatic carbocycles. The van der Waals surface area contributed by atoms with Crippen LogP contribution < -0.4 is 5.32 Å². The van der Waals surface area contributed by atoms with E-state index >= 15 is 0 Å². The number of rotatable bonds is 5. The predicted octanol–water partition coefficient (Wildman–Crippen LogP) is 4.76. The summed E-state index contributed by atoms with van der Waals surface area (Å²) in [4.78, 5) is 12.1. The van der Waals surface area contributed by atoms with Gasteiger partial charge in [0.25, 0.3) is 5.91 Å². The number of carbonyl (C=O) groups excluding carboxylic acids is 1. The number of hydrogen-bond acceptors (Lipinski definition) is 1. The molecule has 4 heteroatoms. The van der Waals surface area contributed by atoms with Crippen LogP contribution in [-0.4, -0.2) is 12.5 Å². The number of halogens is 2. The Morgan fingerprint density at radius 2 is 1.84 bits per heavy atom. The van der Waals surface area contributed by atoms with Gasteiger partial charge in [-0.1, -0.05) is 39.3 Å². The SMILES string of the molecule is CC(C)C(CNC(=O)c1ccc(Br)c(Cl)c1)C(C)C. The van der Waals surface area contributed by atoms with Crippen LogP contribution in [0.4, 0.5) is 0 Å². The van der Waals surface area contributed by atoms with Crippen LogP contribution in [0.1, 0.15) is 38.1 Å². The molecule has 0 saturated heterocycles. The summed E-state index contributed by atoms with van der Waals surface area (Å²) in [6.07, 6.45) is 0. The van der Waals surface area contributed by atoms with E-state index in [0.29, 0.717) is 34.9 Å². The summed E-state index contributed by atoms with van der Waals surface area (Å²) in [5.41, 5.74) is 0.597. The average Bonchev–Trinajstić information content (AvgIpc) is 2.31. The molecule has 0 fully saturated rings. The third kappa shape index (κ3) is 4.81. The molecule has 0 saturated carbocycles. The predicted molar refractivity (Wildman–Crippen MR) is 84.7 cm³/mol. The summed E-state index contributed by atoms with van der Waals surface area (Å²) < 4.78 is 0.799. The Labute approximate surface area is 129 Å². The molecule has 0 spiro atoms. The van der Waals surface area contributed by atoms with Crippen molar-refractivity contribution in [3.05, 3.63) is 33.3 Å². The second-order valence-corrected chi connectivity index (χ2v) is 6.75. The van der Waals surface area contributed by atoms with Gasteiger partial charge in [0.05, 0.1) is 5.02 Å². The Morgan fingerprint density at radius 1 is 1.26 bits per heavy atom. The Kier molecular flexibility index (Phi) is 6.34. The molecule has 0 aromatic heterocycles. The molecule has 0 aliphatic rings. The summed E-state index contributed by atoms with van der Waals surface area (Å²) in [6.45, 7) is 9.45. The first-order valence-corrected chi connectivity index (χ1v) is 7.73. The Hall–Kier alpha value is -0.540. The maximum absolute atomic E-state index is 12.1. The molecule has 0 heterocycles. The van der Waals surface area contributed by atoms with E-state index in [1.54, 1.807) is 18.2 Å². The van der Waals surface area contributed by atoms with E-state index in [1.165, 1.54) is 0 Å². The smallest absolute Gasteiger partial charge is 0.251 e. The third-order valence-corrected chi connectivity index (χ3v) is 4.63. The highest BCUT2D eigenvalue weighted by Gasteiger charge is 2.18. The fraction of sp³-hybridized carbons (Fsp3) is 0.533. The van der Waals surface area contributed by atoms with Crippen molar-refractivity contribution in [1.29, 1.82) is 0 Å². The molecule has 0 bridgehead atoms. The van der Waals surface area contributed by atoms with E-state index in [-0.39, 0.29) is 5.91 Å². The van der Waals surface area contributed by atoms with Gasteiger partial charge >= 0.3 is 0 Å². The minimum absolute atomic E-state index is 0.0688. The number of amides is 1. The fourth-order valence-electron chi connectivity index (χ4n) is 2.19. The summed E-state index contributed by atoms with van der Waals surface area (Å²) in [6, 6.07) is 5.24. The molecule has 0 atom stereocenters. The van der Waals surface area contributed by atoms with Crippen molar-refractivity contribution in [2.75, 3.05) is 6.54 Å². The van der Waals surface area contributed by atoms with Crippen molar-refractivity contribution in [3.8, 4) is 0 Å². The first-order chi connectivity index (χ1) is 8.82. The van der Waals surface area contributed by atoms with Gasteiger partial charge in [-0.3, -0.25) is 4.79 Å². The van der Waals surface area contributed by atoms with Gasteiger partial charge in [-0.05, 0) is 51.9 Å². The van der Waals surface area contributed by atoms with Crippen LogP contribution in [0.15, 0.2) is 22.7 Å². The number of nitrogens with one attached hydrogen (secondary N) is 1. The molecule has 0 radical (unpaired) electrons. The molecule has 0 unspecified atom stereocenters. The van der Waals surface area contributed by atoms with Gasteiger partial charge < -0.3 is 5.32 Å². The molecule has 19 heavy (non-hydrogen) atoms. The molecule has 0 aliphatic heterocycles. The first-order valence-electron chi connectivity index (χ1n) is 6.56. The number of carbonyl (C=O) groups is 1. The Morgan fingerprint density at radius 3 is 2.32 bits per heavy atom. The van der Waals surface area contributed by atoms with E-state index in [2.05, 4.69) is 48.9 Å². The molecular formula is C15H21BrClNO. The van der Waals surface area contributed by atoms with Crippen LogP contribution in [0, 0.1) is 17.8 Å². The van der Waals surface area contributed by atoms with Crippen molar-refractivity contribution < 1.29 is 4.79 Å². The molecule has 1 aromatic carbocycles. The molecule has 1 amide bonds. The Balaban J connectivity index is 2.66. The van der Waals surface area contributed by atoms with Crippen molar-refractivity contribution in [1.82, 2.24) is 5.32 Å². The van der Waals surface area contributed by atoms with E-state index < -0.39 is 0 Å². The molecule has 1 N–H and O–H groups in total. The minimum Gasteiger partial charge on any atom is -0.352 e. The lowest BCUT2D eigenvalue weighted by atomic mass is 9.85. The van der Waals surface area contributed by atoms with E-state index in [9.17, 15) is 4.79 Å². The maximum Gasteiger partial charge on any atom is 0.251 e. The van der Waals surface area contributed by atoms with Crippen LogP contribution in [-0.2, 0) is 0 Å². The first kappa shape index (κ1) is 16.5. The lowest BCUT2D eigenvalue weighted by Crippen LogP contribution is -2.33. The standard InChI is InChI=1S/C15H21BrClNO/c1-9(2)12(10(3)4)8-18-15(19)11-5-6-13(16)14(17)7-11/h5-7,9-10,12H,8H2,1-4H3,(H,18,19). The quantitative estimate of drug-likeness (QED) is 0.818. The van der Waals surface area contributed by atoms with Crippen molar-refractivity contribution in [2.24, 2.45) is 17.8 Å². The maximum atomic E-state index is 12.1. The third-order valence-electron chi connectivity index (χ3n) is 3.39. The van der Waals surface area contributed by atoms with Crippen LogP contribution in [0.5, 0.6) is 0 Å². The normalized spacial score (nSPS) is 11.4. The highest BCUT2D eigenvalue weighted by Crippen LogP contribution is 2.23.